The summed E-state index contributed by atoms with van der Waals surface area (Å²) in [7, 11) is 0. The van der Waals surface area contributed by atoms with E-state index in [2.05, 4.69) is 9.97 Å². The van der Waals surface area contributed by atoms with Crippen LogP contribution in [0.15, 0.2) is 36.7 Å². The third-order valence-electron chi connectivity index (χ3n) is 1.38. The van der Waals surface area contributed by atoms with Crippen LogP contribution in [-0.4, -0.2) is 9.97 Å². The van der Waals surface area contributed by atoms with Gasteiger partial charge in [0.1, 0.15) is 0 Å². The molecule has 0 atom stereocenters. The highest BCUT2D eigenvalue weighted by molar-refractivity contribution is 5.72. The Hall–Kier alpha value is -1.44. The molecule has 0 saturated carbocycles. The fraction of sp³-hybridized carbons (Fsp3) is 0.429. The maximum atomic E-state index is 4.12. The number of hydrogen-bond donors (Lipinski definition) is 0. The van der Waals surface area contributed by atoms with Crippen molar-refractivity contribution in [1.82, 2.24) is 9.97 Å². The molecule has 16 heavy (non-hydrogen) atoms. The number of para-hydroxylation sites is 2. The molecule has 0 aliphatic heterocycles. The average Bonchev–Trinajstić information content (AvgIpc) is 2.45. The summed E-state index contributed by atoms with van der Waals surface area (Å²) in [5.41, 5.74) is 1.90. The van der Waals surface area contributed by atoms with Crippen molar-refractivity contribution in [1.29, 1.82) is 0 Å². The lowest BCUT2D eigenvalue weighted by Gasteiger charge is -1.90. The maximum absolute atomic E-state index is 4.12. The smallest absolute Gasteiger partial charge is 0.0886 e. The lowest BCUT2D eigenvalue weighted by molar-refractivity contribution is 1.29. The largest absolute Gasteiger partial charge is 0.253 e. The van der Waals surface area contributed by atoms with Gasteiger partial charge in [-0.15, -0.1) is 0 Å². The van der Waals surface area contributed by atoms with Crippen molar-refractivity contribution in [3.05, 3.63) is 36.7 Å². The quantitative estimate of drug-likeness (QED) is 0.642. The fourth-order valence-electron chi connectivity index (χ4n) is 0.910. The summed E-state index contributed by atoms with van der Waals surface area (Å²) in [4.78, 5) is 8.24. The van der Waals surface area contributed by atoms with Gasteiger partial charge < -0.3 is 0 Å². The molecule has 0 aliphatic carbocycles. The van der Waals surface area contributed by atoms with Gasteiger partial charge >= 0.3 is 0 Å². The lowest BCUT2D eigenvalue weighted by Crippen LogP contribution is -1.78. The first-order valence-electron chi connectivity index (χ1n) is 6.12. The average molecular weight is 220 g/mol. The lowest BCUT2D eigenvalue weighted by atomic mass is 10.3. The zero-order chi connectivity index (χ0) is 12.8. The van der Waals surface area contributed by atoms with Crippen LogP contribution in [0.2, 0.25) is 0 Å². The zero-order valence-corrected chi connectivity index (χ0v) is 11.4. The number of benzene rings is 1. The Bertz CT molecular complexity index is 280. The van der Waals surface area contributed by atoms with Crippen molar-refractivity contribution < 1.29 is 0 Å². The fourth-order valence-corrected chi connectivity index (χ4v) is 0.910. The second-order valence-corrected chi connectivity index (χ2v) is 2.05. The maximum Gasteiger partial charge on any atom is 0.0886 e. The van der Waals surface area contributed by atoms with E-state index in [4.69, 9.17) is 0 Å². The number of nitrogens with zero attached hydrogens (tertiary/aromatic N) is 2. The third-order valence-corrected chi connectivity index (χ3v) is 1.38. The Morgan fingerprint density at radius 1 is 0.625 bits per heavy atom. The molecule has 0 spiro atoms. The second-order valence-electron chi connectivity index (χ2n) is 2.05. The molecule has 1 aromatic carbocycles. The van der Waals surface area contributed by atoms with Crippen molar-refractivity contribution in [2.24, 2.45) is 0 Å². The SMILES string of the molecule is CC.CC.CC.c1ccc2nccnc2c1. The van der Waals surface area contributed by atoms with Crippen LogP contribution in [0.1, 0.15) is 41.5 Å². The van der Waals surface area contributed by atoms with Crippen molar-refractivity contribution >= 4 is 11.0 Å². The van der Waals surface area contributed by atoms with Crippen LogP contribution in [-0.2, 0) is 0 Å². The topological polar surface area (TPSA) is 25.8 Å². The molecule has 0 saturated heterocycles. The van der Waals surface area contributed by atoms with E-state index in [0.29, 0.717) is 0 Å². The van der Waals surface area contributed by atoms with Gasteiger partial charge in [-0.25, -0.2) is 0 Å². The van der Waals surface area contributed by atoms with Gasteiger partial charge in [-0.3, -0.25) is 9.97 Å². The highest BCUT2D eigenvalue weighted by Gasteiger charge is 1.88. The Kier molecular flexibility index (Phi) is 14.4. The molecule has 2 aromatic rings. The molecule has 2 nitrogen and oxygen atoms in total. The molecule has 0 unspecified atom stereocenters. The molecule has 0 amide bonds. The van der Waals surface area contributed by atoms with Gasteiger partial charge in [0.15, 0.2) is 0 Å². The predicted molar refractivity (Wildman–Crippen MR) is 73.6 cm³/mol. The molecular formula is C14H24N2. The standard InChI is InChI=1S/C8H6N2.3C2H6/c1-2-4-8-7(3-1)9-5-6-10-8;3*1-2/h1-6H;3*1-2H3. The van der Waals surface area contributed by atoms with Crippen LogP contribution in [0.3, 0.4) is 0 Å². The Labute approximate surface area is 99.8 Å². The summed E-state index contributed by atoms with van der Waals surface area (Å²) in [6.07, 6.45) is 3.39. The number of fused-ring (bicyclic) bond motifs is 1. The van der Waals surface area contributed by atoms with Gasteiger partial charge in [-0.2, -0.15) is 0 Å². The van der Waals surface area contributed by atoms with Gasteiger partial charge in [0, 0.05) is 12.4 Å². The summed E-state index contributed by atoms with van der Waals surface area (Å²) >= 11 is 0. The minimum absolute atomic E-state index is 0.949. The molecule has 2 heteroatoms. The van der Waals surface area contributed by atoms with Crippen molar-refractivity contribution in [3.63, 3.8) is 0 Å². The van der Waals surface area contributed by atoms with Crippen LogP contribution >= 0.6 is 0 Å². The van der Waals surface area contributed by atoms with Gasteiger partial charge in [0.2, 0.25) is 0 Å². The van der Waals surface area contributed by atoms with Crippen LogP contribution in [0, 0.1) is 0 Å². The second kappa shape index (κ2) is 13.6. The van der Waals surface area contributed by atoms with Crippen LogP contribution in [0.5, 0.6) is 0 Å². The Balaban J connectivity index is 0. The summed E-state index contributed by atoms with van der Waals surface area (Å²) in [6.45, 7) is 12.0. The molecule has 1 aromatic heterocycles. The summed E-state index contributed by atoms with van der Waals surface area (Å²) < 4.78 is 0. The van der Waals surface area contributed by atoms with Crippen LogP contribution in [0.25, 0.3) is 11.0 Å². The van der Waals surface area contributed by atoms with E-state index >= 15 is 0 Å². The molecule has 90 valence electrons. The van der Waals surface area contributed by atoms with Crippen LogP contribution in [0.4, 0.5) is 0 Å². The van der Waals surface area contributed by atoms with Gasteiger partial charge in [-0.1, -0.05) is 53.7 Å². The van der Waals surface area contributed by atoms with Gasteiger partial charge in [0.05, 0.1) is 11.0 Å². The molecule has 1 heterocycles. The van der Waals surface area contributed by atoms with E-state index in [-0.39, 0.29) is 0 Å². The van der Waals surface area contributed by atoms with E-state index in [9.17, 15) is 0 Å². The first-order valence-corrected chi connectivity index (χ1v) is 6.12. The summed E-state index contributed by atoms with van der Waals surface area (Å²) in [5.74, 6) is 0. The molecule has 0 N–H and O–H groups in total. The monoisotopic (exact) mass is 220 g/mol. The Morgan fingerprint density at radius 2 is 0.938 bits per heavy atom. The third kappa shape index (κ3) is 6.12. The molecule has 0 bridgehead atoms. The highest BCUT2D eigenvalue weighted by Crippen LogP contribution is 2.04. The Morgan fingerprint density at radius 3 is 1.25 bits per heavy atom. The van der Waals surface area contributed by atoms with Crippen molar-refractivity contribution in [2.45, 2.75) is 41.5 Å². The van der Waals surface area contributed by atoms with E-state index < -0.39 is 0 Å². The van der Waals surface area contributed by atoms with E-state index in [1.165, 1.54) is 0 Å². The van der Waals surface area contributed by atoms with Crippen molar-refractivity contribution in [3.8, 4) is 0 Å². The number of hydrogen-bond acceptors (Lipinski definition) is 2. The minimum Gasteiger partial charge on any atom is -0.253 e. The molecule has 2 rings (SSSR count). The molecular weight excluding hydrogens is 196 g/mol. The molecule has 0 aliphatic rings. The van der Waals surface area contributed by atoms with Crippen molar-refractivity contribution in [2.75, 3.05) is 0 Å². The minimum atomic E-state index is 0.949. The number of aromatic nitrogens is 2. The van der Waals surface area contributed by atoms with E-state index in [0.717, 1.165) is 11.0 Å². The molecule has 0 fully saturated rings. The van der Waals surface area contributed by atoms with Gasteiger partial charge in [-0.05, 0) is 12.1 Å². The zero-order valence-electron chi connectivity index (χ0n) is 11.4. The molecule has 0 radical (unpaired) electrons. The first kappa shape index (κ1) is 17.0. The van der Waals surface area contributed by atoms with Crippen LogP contribution < -0.4 is 0 Å². The number of rotatable bonds is 0. The highest BCUT2D eigenvalue weighted by atomic mass is 14.8. The van der Waals surface area contributed by atoms with E-state index in [1.54, 1.807) is 12.4 Å². The van der Waals surface area contributed by atoms with Gasteiger partial charge in [0.25, 0.3) is 0 Å². The first-order chi connectivity index (χ1) is 7.97. The normalized spacial score (nSPS) is 7.38. The predicted octanol–water partition coefficient (Wildman–Crippen LogP) is 4.71. The van der Waals surface area contributed by atoms with E-state index in [1.807, 2.05) is 65.8 Å². The summed E-state index contributed by atoms with van der Waals surface area (Å²) in [5, 5.41) is 0. The summed E-state index contributed by atoms with van der Waals surface area (Å²) in [6, 6.07) is 7.80.